The third-order valence-corrected chi connectivity index (χ3v) is 3.40. The van der Waals surface area contributed by atoms with Gasteiger partial charge in [-0.3, -0.25) is 10.1 Å². The topological polar surface area (TPSA) is 75.4 Å². The van der Waals surface area contributed by atoms with Gasteiger partial charge in [0.15, 0.2) is 0 Å². The van der Waals surface area contributed by atoms with Gasteiger partial charge < -0.3 is 10.4 Å². The molecule has 0 aliphatic rings. The largest absolute Gasteiger partial charge is 0.394 e. The van der Waals surface area contributed by atoms with Crippen LogP contribution in [0.4, 0.5) is 15.8 Å². The molecular weight excluding hydrogens is 354 g/mol. The number of rotatable bonds is 5. The van der Waals surface area contributed by atoms with Crippen molar-refractivity contribution in [3.8, 4) is 0 Å². The lowest BCUT2D eigenvalue weighted by molar-refractivity contribution is -0.384. The van der Waals surface area contributed by atoms with Crippen LogP contribution in [0.5, 0.6) is 0 Å². The van der Waals surface area contributed by atoms with Crippen molar-refractivity contribution in [1.82, 2.24) is 0 Å². The molecule has 18 heavy (non-hydrogen) atoms. The summed E-state index contributed by atoms with van der Waals surface area (Å²) < 4.78 is 13.6. The minimum Gasteiger partial charge on any atom is -0.394 e. The molecule has 0 aliphatic carbocycles. The first kappa shape index (κ1) is 15.1. The number of benzene rings is 1. The van der Waals surface area contributed by atoms with Crippen LogP contribution < -0.4 is 5.32 Å². The molecule has 0 spiro atoms. The Morgan fingerprint density at radius 1 is 1.56 bits per heavy atom. The van der Waals surface area contributed by atoms with Gasteiger partial charge in [0.2, 0.25) is 0 Å². The molecule has 0 aliphatic heterocycles. The number of nitro benzene ring substituents is 1. The maximum Gasteiger partial charge on any atom is 0.293 e. The molecule has 1 aromatic carbocycles. The quantitative estimate of drug-likeness (QED) is 0.476. The molecule has 0 bridgehead atoms. The molecule has 0 unspecified atom stereocenters. The molecule has 7 heteroatoms. The summed E-state index contributed by atoms with van der Waals surface area (Å²) in [6, 6.07) is 1.90. The molecule has 1 atom stereocenters. The minimum absolute atomic E-state index is 0.0666. The Labute approximate surface area is 118 Å². The number of nitro groups is 1. The van der Waals surface area contributed by atoms with Crippen molar-refractivity contribution < 1.29 is 14.4 Å². The van der Waals surface area contributed by atoms with Gasteiger partial charge in [0.05, 0.1) is 21.1 Å². The van der Waals surface area contributed by atoms with Gasteiger partial charge in [0.1, 0.15) is 11.5 Å². The fourth-order valence-corrected chi connectivity index (χ4v) is 1.88. The lowest BCUT2D eigenvalue weighted by atomic mass is 10.0. The number of hydrogen-bond acceptors (Lipinski definition) is 4. The van der Waals surface area contributed by atoms with Crippen molar-refractivity contribution in [2.24, 2.45) is 5.92 Å². The summed E-state index contributed by atoms with van der Waals surface area (Å²) in [7, 11) is 0. The van der Waals surface area contributed by atoms with Gasteiger partial charge >= 0.3 is 0 Å². The Balaban J connectivity index is 3.14. The summed E-state index contributed by atoms with van der Waals surface area (Å²) in [6.45, 7) is 3.55. The standard InChI is InChI=1S/C11H14FIN2O3/c1-6(2)10(5-16)14-9-3-7(12)8(13)4-11(9)15(17)18/h3-4,6,10,14,16H,5H2,1-2H3/t10-/m1/s1. The van der Waals surface area contributed by atoms with Crippen molar-refractivity contribution in [3.63, 3.8) is 0 Å². The van der Waals surface area contributed by atoms with E-state index in [2.05, 4.69) is 5.32 Å². The van der Waals surface area contributed by atoms with Gasteiger partial charge in [-0.2, -0.15) is 0 Å². The maximum atomic E-state index is 13.4. The molecule has 5 nitrogen and oxygen atoms in total. The van der Waals surface area contributed by atoms with Crippen LogP contribution in [0.15, 0.2) is 12.1 Å². The molecule has 2 N–H and O–H groups in total. The first-order chi connectivity index (χ1) is 8.36. The predicted octanol–water partition coefficient (Wildman–Crippen LogP) is 2.77. The molecule has 1 aromatic rings. The highest BCUT2D eigenvalue weighted by Gasteiger charge is 2.21. The molecule has 0 aromatic heterocycles. The monoisotopic (exact) mass is 368 g/mol. The third-order valence-electron chi connectivity index (χ3n) is 2.58. The van der Waals surface area contributed by atoms with Crippen LogP contribution in [0, 0.1) is 25.4 Å². The lowest BCUT2D eigenvalue weighted by Crippen LogP contribution is -2.29. The van der Waals surface area contributed by atoms with Gasteiger partial charge in [-0.15, -0.1) is 0 Å². The third kappa shape index (κ3) is 3.52. The fraction of sp³-hybridized carbons (Fsp3) is 0.455. The van der Waals surface area contributed by atoms with Gasteiger partial charge in [-0.25, -0.2) is 4.39 Å². The van der Waals surface area contributed by atoms with E-state index >= 15 is 0 Å². The van der Waals surface area contributed by atoms with E-state index in [1.807, 2.05) is 13.8 Å². The average molecular weight is 368 g/mol. The van der Waals surface area contributed by atoms with Gasteiger partial charge in [-0.05, 0) is 28.5 Å². The van der Waals surface area contributed by atoms with Crippen molar-refractivity contribution >= 4 is 34.0 Å². The summed E-state index contributed by atoms with van der Waals surface area (Å²) in [5, 5.41) is 22.9. The number of nitrogens with zero attached hydrogens (tertiary/aromatic N) is 1. The first-order valence-electron chi connectivity index (χ1n) is 5.37. The lowest BCUT2D eigenvalue weighted by Gasteiger charge is -2.21. The van der Waals surface area contributed by atoms with E-state index in [1.54, 1.807) is 22.6 Å². The van der Waals surface area contributed by atoms with Crippen LogP contribution >= 0.6 is 22.6 Å². The van der Waals surface area contributed by atoms with E-state index in [-0.39, 0.29) is 33.5 Å². The second kappa shape index (κ2) is 6.28. The van der Waals surface area contributed by atoms with E-state index in [0.717, 1.165) is 6.07 Å². The van der Waals surface area contributed by atoms with Crippen LogP contribution in [0.25, 0.3) is 0 Å². The zero-order valence-electron chi connectivity index (χ0n) is 9.98. The second-order valence-electron chi connectivity index (χ2n) is 4.22. The Morgan fingerprint density at radius 3 is 2.61 bits per heavy atom. The van der Waals surface area contributed by atoms with E-state index in [0.29, 0.717) is 0 Å². The van der Waals surface area contributed by atoms with Gasteiger partial charge in [0.25, 0.3) is 5.69 Å². The molecule has 100 valence electrons. The van der Waals surface area contributed by atoms with E-state index in [9.17, 15) is 19.6 Å². The highest BCUT2D eigenvalue weighted by atomic mass is 127. The van der Waals surface area contributed by atoms with Crippen molar-refractivity contribution in [2.75, 3.05) is 11.9 Å². The van der Waals surface area contributed by atoms with Crippen LogP contribution in [0.1, 0.15) is 13.8 Å². The highest BCUT2D eigenvalue weighted by molar-refractivity contribution is 14.1. The smallest absolute Gasteiger partial charge is 0.293 e. The molecule has 1 rings (SSSR count). The predicted molar refractivity (Wildman–Crippen MR) is 75.1 cm³/mol. The molecule has 0 radical (unpaired) electrons. The number of aliphatic hydroxyl groups is 1. The second-order valence-corrected chi connectivity index (χ2v) is 5.38. The van der Waals surface area contributed by atoms with Crippen LogP contribution in [-0.4, -0.2) is 22.7 Å². The van der Waals surface area contributed by atoms with E-state index in [4.69, 9.17) is 0 Å². The van der Waals surface area contributed by atoms with Crippen molar-refractivity contribution in [2.45, 2.75) is 19.9 Å². The van der Waals surface area contributed by atoms with Crippen LogP contribution in [0.2, 0.25) is 0 Å². The summed E-state index contributed by atoms with van der Waals surface area (Å²) >= 11 is 1.70. The maximum absolute atomic E-state index is 13.4. The average Bonchev–Trinajstić information content (AvgIpc) is 2.29. The number of nitrogens with one attached hydrogen (secondary N) is 1. The highest BCUT2D eigenvalue weighted by Crippen LogP contribution is 2.29. The van der Waals surface area contributed by atoms with Crippen molar-refractivity contribution in [1.29, 1.82) is 0 Å². The number of anilines is 1. The zero-order chi connectivity index (χ0) is 13.9. The Morgan fingerprint density at radius 2 is 2.17 bits per heavy atom. The zero-order valence-corrected chi connectivity index (χ0v) is 12.1. The summed E-state index contributed by atoms with van der Waals surface area (Å²) in [6.07, 6.45) is 0. The van der Waals surface area contributed by atoms with Crippen LogP contribution in [-0.2, 0) is 0 Å². The molecule has 0 amide bonds. The molecule has 0 saturated heterocycles. The Hall–Kier alpha value is -0.960. The van der Waals surface area contributed by atoms with E-state index in [1.165, 1.54) is 6.07 Å². The molecule has 0 heterocycles. The molecular formula is C11H14FIN2O3. The normalized spacial score (nSPS) is 12.6. The summed E-state index contributed by atoms with van der Waals surface area (Å²) in [5.74, 6) is -0.457. The fourth-order valence-electron chi connectivity index (χ4n) is 1.43. The molecule has 0 saturated carbocycles. The number of hydrogen-bond donors (Lipinski definition) is 2. The van der Waals surface area contributed by atoms with Gasteiger partial charge in [-0.1, -0.05) is 13.8 Å². The number of aliphatic hydroxyl groups excluding tert-OH is 1. The first-order valence-corrected chi connectivity index (χ1v) is 6.45. The summed E-state index contributed by atoms with van der Waals surface area (Å²) in [5.41, 5.74) is -0.106. The van der Waals surface area contributed by atoms with Gasteiger partial charge in [0, 0.05) is 12.1 Å². The Kier molecular flexibility index (Phi) is 5.27. The SMILES string of the molecule is CC(C)[C@@H](CO)Nc1cc(F)c(I)cc1[N+](=O)[O-]. The molecule has 0 fully saturated rings. The van der Waals surface area contributed by atoms with E-state index < -0.39 is 10.7 Å². The number of halogens is 2. The minimum atomic E-state index is -0.571. The van der Waals surface area contributed by atoms with Crippen LogP contribution in [0.3, 0.4) is 0 Å². The van der Waals surface area contributed by atoms with Crippen molar-refractivity contribution in [3.05, 3.63) is 31.6 Å². The Bertz CT molecular complexity index is 454. The summed E-state index contributed by atoms with van der Waals surface area (Å²) in [4.78, 5) is 10.3.